The van der Waals surface area contributed by atoms with Gasteiger partial charge in [0.25, 0.3) is 5.91 Å². The summed E-state index contributed by atoms with van der Waals surface area (Å²) in [6.07, 6.45) is 4.87. The van der Waals surface area contributed by atoms with Crippen LogP contribution in [-0.2, 0) is 26.3 Å². The lowest BCUT2D eigenvalue weighted by Gasteiger charge is -2.33. The number of amides is 3. The quantitative estimate of drug-likeness (QED) is 0.323. The highest BCUT2D eigenvalue weighted by Crippen LogP contribution is 2.51. The molecule has 0 bridgehead atoms. The average molecular weight is 588 g/mol. The minimum Gasteiger partial charge on any atom is -0.346 e. The summed E-state index contributed by atoms with van der Waals surface area (Å²) in [5.74, 6) is -5.25. The van der Waals surface area contributed by atoms with Crippen molar-refractivity contribution in [2.75, 3.05) is 5.32 Å². The maximum Gasteiger partial charge on any atom is 0.270 e. The van der Waals surface area contributed by atoms with Gasteiger partial charge < -0.3 is 20.7 Å². The van der Waals surface area contributed by atoms with E-state index in [0.29, 0.717) is 37.2 Å². The number of rotatable bonds is 12. The number of anilines is 1. The molecule has 42 heavy (non-hydrogen) atoms. The van der Waals surface area contributed by atoms with Gasteiger partial charge in [0, 0.05) is 37.4 Å². The van der Waals surface area contributed by atoms with Crippen LogP contribution in [0.5, 0.6) is 0 Å². The molecule has 3 aliphatic carbocycles. The van der Waals surface area contributed by atoms with Crippen LogP contribution in [0.2, 0.25) is 0 Å². The Hall–Kier alpha value is -3.70. The third-order valence-electron chi connectivity index (χ3n) is 8.84. The second-order valence-electron chi connectivity index (χ2n) is 11.9. The van der Waals surface area contributed by atoms with E-state index in [4.69, 9.17) is 0 Å². The molecule has 9 nitrogen and oxygen atoms in total. The fourth-order valence-electron chi connectivity index (χ4n) is 5.85. The fourth-order valence-corrected chi connectivity index (χ4v) is 5.85. The van der Waals surface area contributed by atoms with Crippen LogP contribution < -0.4 is 16.0 Å². The van der Waals surface area contributed by atoms with Gasteiger partial charge in [0.15, 0.2) is 0 Å². The van der Waals surface area contributed by atoms with E-state index in [-0.39, 0.29) is 36.6 Å². The molecule has 1 aromatic heterocycles. The molecule has 0 radical (unpaired) electrons. The summed E-state index contributed by atoms with van der Waals surface area (Å²) in [6.45, 7) is 2.25. The summed E-state index contributed by atoms with van der Waals surface area (Å²) in [5, 5.41) is 12.2. The molecule has 3 N–H and O–H groups in total. The number of hydrogen-bond acceptors (Lipinski definition) is 5. The van der Waals surface area contributed by atoms with Crippen molar-refractivity contribution in [1.29, 1.82) is 0 Å². The smallest absolute Gasteiger partial charge is 0.270 e. The predicted octanol–water partition coefficient (Wildman–Crippen LogP) is 4.12. The van der Waals surface area contributed by atoms with E-state index in [2.05, 4.69) is 21.0 Å². The van der Waals surface area contributed by atoms with Gasteiger partial charge in [0.2, 0.25) is 17.7 Å². The molecule has 0 spiro atoms. The van der Waals surface area contributed by atoms with Gasteiger partial charge in [-0.1, -0.05) is 13.0 Å². The molecule has 2 unspecified atom stereocenters. The lowest BCUT2D eigenvalue weighted by molar-refractivity contribution is -0.124. The van der Waals surface area contributed by atoms with Crippen molar-refractivity contribution in [3.63, 3.8) is 0 Å². The van der Waals surface area contributed by atoms with E-state index in [1.807, 2.05) is 0 Å². The molecule has 0 aliphatic heterocycles. The Balaban J connectivity index is 1.33. The van der Waals surface area contributed by atoms with Gasteiger partial charge >= 0.3 is 0 Å². The van der Waals surface area contributed by atoms with Gasteiger partial charge in [-0.2, -0.15) is 5.10 Å². The van der Waals surface area contributed by atoms with Crippen LogP contribution in [0.3, 0.4) is 0 Å². The van der Waals surface area contributed by atoms with Gasteiger partial charge in [-0.05, 0) is 74.1 Å². The van der Waals surface area contributed by atoms with Crippen LogP contribution in [0.1, 0.15) is 80.8 Å². The van der Waals surface area contributed by atoms with Crippen LogP contribution in [-0.4, -0.2) is 51.8 Å². The Morgan fingerprint density at radius 1 is 1.07 bits per heavy atom. The molecule has 3 fully saturated rings. The van der Waals surface area contributed by atoms with Crippen LogP contribution in [0.25, 0.3) is 0 Å². The highest BCUT2D eigenvalue weighted by molar-refractivity contribution is 6.00. The first-order valence-corrected chi connectivity index (χ1v) is 14.6. The van der Waals surface area contributed by atoms with Gasteiger partial charge in [-0.25, -0.2) is 13.2 Å². The van der Waals surface area contributed by atoms with Crippen molar-refractivity contribution >= 4 is 29.7 Å². The number of carbonyl (C=O) groups excluding carboxylic acids is 4. The van der Waals surface area contributed by atoms with Gasteiger partial charge in [0.1, 0.15) is 23.8 Å². The zero-order chi connectivity index (χ0) is 30.1. The Labute approximate surface area is 242 Å². The van der Waals surface area contributed by atoms with Crippen LogP contribution in [0.15, 0.2) is 30.5 Å². The maximum absolute atomic E-state index is 15.3. The van der Waals surface area contributed by atoms with Crippen molar-refractivity contribution in [2.45, 2.75) is 94.7 Å². The summed E-state index contributed by atoms with van der Waals surface area (Å²) in [4.78, 5) is 50.5. The fraction of sp³-hybridized carbons (Fsp3) is 0.567. The topological polar surface area (TPSA) is 122 Å². The minimum atomic E-state index is -2.83. The number of carbonyl (C=O) groups is 4. The number of nitrogens with one attached hydrogen (secondary N) is 3. The van der Waals surface area contributed by atoms with Crippen LogP contribution >= 0.6 is 0 Å². The molecule has 0 saturated heterocycles. The summed E-state index contributed by atoms with van der Waals surface area (Å²) in [6, 6.07) is 3.79. The number of alkyl halides is 2. The second-order valence-corrected chi connectivity index (χ2v) is 11.9. The third-order valence-corrected chi connectivity index (χ3v) is 8.84. The van der Waals surface area contributed by atoms with Gasteiger partial charge in [0.05, 0.1) is 11.7 Å². The van der Waals surface area contributed by atoms with E-state index in [1.54, 1.807) is 23.7 Å². The summed E-state index contributed by atoms with van der Waals surface area (Å²) in [7, 11) is 0. The third kappa shape index (κ3) is 6.52. The molecule has 12 heteroatoms. The number of nitrogens with zero attached hydrogens (tertiary/aromatic N) is 2. The number of hydrogen-bond donors (Lipinski definition) is 3. The lowest BCUT2D eigenvalue weighted by Crippen LogP contribution is -2.50. The highest BCUT2D eigenvalue weighted by atomic mass is 19.3. The Kier molecular flexibility index (Phi) is 8.43. The number of aldehydes is 1. The Morgan fingerprint density at radius 3 is 2.38 bits per heavy atom. The lowest BCUT2D eigenvalue weighted by atomic mass is 9.81. The van der Waals surface area contributed by atoms with Crippen molar-refractivity contribution in [2.24, 2.45) is 11.8 Å². The van der Waals surface area contributed by atoms with Crippen LogP contribution in [0.4, 0.5) is 18.9 Å². The minimum absolute atomic E-state index is 0.0210. The summed E-state index contributed by atoms with van der Waals surface area (Å²) >= 11 is 0. The largest absolute Gasteiger partial charge is 0.346 e. The van der Waals surface area contributed by atoms with E-state index in [1.165, 1.54) is 18.3 Å². The van der Waals surface area contributed by atoms with Crippen molar-refractivity contribution < 1.29 is 32.3 Å². The molecular formula is C30H36F3N5O4. The number of halogens is 3. The second kappa shape index (κ2) is 11.9. The van der Waals surface area contributed by atoms with Crippen molar-refractivity contribution in [3.05, 3.63) is 47.5 Å². The molecule has 3 amide bonds. The molecule has 2 aromatic rings. The van der Waals surface area contributed by atoms with E-state index >= 15 is 4.39 Å². The molecular weight excluding hydrogens is 551 g/mol. The van der Waals surface area contributed by atoms with E-state index in [0.717, 1.165) is 12.8 Å². The van der Waals surface area contributed by atoms with Crippen LogP contribution in [0, 0.1) is 17.7 Å². The SMILES string of the molecule is CCC(=O)NC(C=O)C1(c2ccc(NC(=O)C(NC(=O)c3ccnn3CC3CC3)C3CCC(F)(F)CC3)c(F)c2)CC1. The zero-order valence-corrected chi connectivity index (χ0v) is 23.5. The number of benzene rings is 1. The highest BCUT2D eigenvalue weighted by Gasteiger charge is 2.51. The number of aromatic nitrogens is 2. The van der Waals surface area contributed by atoms with E-state index in [9.17, 15) is 28.0 Å². The average Bonchev–Trinajstić information content (AvgIpc) is 3.89. The maximum atomic E-state index is 15.3. The first-order chi connectivity index (χ1) is 20.0. The first kappa shape index (κ1) is 29.8. The van der Waals surface area contributed by atoms with Crippen molar-refractivity contribution in [1.82, 2.24) is 20.4 Å². The summed E-state index contributed by atoms with van der Waals surface area (Å²) < 4.78 is 44.8. The molecule has 1 aromatic carbocycles. The monoisotopic (exact) mass is 587 g/mol. The molecule has 3 aliphatic rings. The summed E-state index contributed by atoms with van der Waals surface area (Å²) in [5.41, 5.74) is -0.0665. The van der Waals surface area contributed by atoms with E-state index < -0.39 is 59.8 Å². The standard InChI is InChI=1S/C30H36F3N5O4/c1-2-25(40)36-24(17-39)29(12-13-29)20-5-6-22(21(31)15-20)35-28(42)26(19-7-10-30(32,33)11-8-19)37-27(41)23-9-14-34-38(23)16-18-3-4-18/h5-6,9,14-15,17-19,24,26H,2-4,7-8,10-13,16H2,1H3,(H,35,42)(H,36,40)(H,37,41). The Morgan fingerprint density at radius 2 is 1.79 bits per heavy atom. The Bertz CT molecular complexity index is 1340. The zero-order valence-electron chi connectivity index (χ0n) is 23.5. The molecule has 1 heterocycles. The van der Waals surface area contributed by atoms with Gasteiger partial charge in [-0.15, -0.1) is 0 Å². The first-order valence-electron chi connectivity index (χ1n) is 14.6. The molecule has 226 valence electrons. The molecule has 3 saturated carbocycles. The normalized spacial score (nSPS) is 20.7. The van der Waals surface area contributed by atoms with Crippen molar-refractivity contribution in [3.8, 4) is 0 Å². The molecule has 5 rings (SSSR count). The van der Waals surface area contributed by atoms with Gasteiger partial charge in [-0.3, -0.25) is 19.1 Å². The molecule has 2 atom stereocenters. The predicted molar refractivity (Wildman–Crippen MR) is 147 cm³/mol.